The maximum Gasteiger partial charge on any atom is 0.143 e. The summed E-state index contributed by atoms with van der Waals surface area (Å²) in [4.78, 5) is 4.70. The Morgan fingerprint density at radius 3 is 2.18 bits per heavy atom. The van der Waals surface area contributed by atoms with Crippen LogP contribution in [-0.2, 0) is 12.8 Å². The highest BCUT2D eigenvalue weighted by Gasteiger charge is 2.14. The molecule has 1 rings (SSSR count). The summed E-state index contributed by atoms with van der Waals surface area (Å²) >= 11 is 0. The fourth-order valence-electron chi connectivity index (χ4n) is 2.27. The lowest BCUT2D eigenvalue weighted by molar-refractivity contribution is 0.331. The van der Waals surface area contributed by atoms with Gasteiger partial charge >= 0.3 is 0 Å². The summed E-state index contributed by atoms with van der Waals surface area (Å²) < 4.78 is 5.77. The largest absolute Gasteiger partial charge is 0.492 e. The van der Waals surface area contributed by atoms with Gasteiger partial charge in [-0.05, 0) is 39.2 Å². The van der Waals surface area contributed by atoms with Gasteiger partial charge in [-0.3, -0.25) is 4.98 Å². The van der Waals surface area contributed by atoms with Crippen molar-refractivity contribution in [2.24, 2.45) is 0 Å². The van der Waals surface area contributed by atoms with Crippen LogP contribution in [0.5, 0.6) is 5.75 Å². The Bertz CT molecular complexity index is 372. The molecule has 1 heterocycles. The molecule has 1 aromatic heterocycles. The molecule has 2 nitrogen and oxygen atoms in total. The molecule has 0 saturated heterocycles. The molecule has 0 amide bonds. The normalized spacial score (nSPS) is 10.6. The SMILES string of the molecule is CCCc1nc(C)c(OCC)c(CCC)c1C. The van der Waals surface area contributed by atoms with E-state index in [0.29, 0.717) is 6.61 Å². The van der Waals surface area contributed by atoms with Gasteiger partial charge in [-0.25, -0.2) is 0 Å². The Labute approximate surface area is 105 Å². The lowest BCUT2D eigenvalue weighted by Crippen LogP contribution is -2.07. The summed E-state index contributed by atoms with van der Waals surface area (Å²) in [6.07, 6.45) is 4.44. The van der Waals surface area contributed by atoms with E-state index in [-0.39, 0.29) is 0 Å². The molecule has 0 aromatic carbocycles. The first-order valence-corrected chi connectivity index (χ1v) is 6.77. The molecule has 0 bridgehead atoms. The second kappa shape index (κ2) is 6.63. The van der Waals surface area contributed by atoms with Crippen LogP contribution in [0.15, 0.2) is 0 Å². The van der Waals surface area contributed by atoms with Crippen LogP contribution < -0.4 is 4.74 Å². The fourth-order valence-corrected chi connectivity index (χ4v) is 2.27. The monoisotopic (exact) mass is 235 g/mol. The average Bonchev–Trinajstić information content (AvgIpc) is 2.30. The van der Waals surface area contributed by atoms with E-state index in [1.54, 1.807) is 0 Å². The number of hydrogen-bond donors (Lipinski definition) is 0. The summed E-state index contributed by atoms with van der Waals surface area (Å²) in [6.45, 7) is 11.4. The van der Waals surface area contributed by atoms with Crippen LogP contribution in [0.2, 0.25) is 0 Å². The highest BCUT2D eigenvalue weighted by Crippen LogP contribution is 2.29. The van der Waals surface area contributed by atoms with Crippen molar-refractivity contribution in [3.8, 4) is 5.75 Å². The number of rotatable bonds is 6. The summed E-state index contributed by atoms with van der Waals surface area (Å²) in [5.41, 5.74) is 4.99. The minimum Gasteiger partial charge on any atom is -0.492 e. The van der Waals surface area contributed by atoms with E-state index in [9.17, 15) is 0 Å². The fraction of sp³-hybridized carbons (Fsp3) is 0.667. The zero-order valence-corrected chi connectivity index (χ0v) is 11.9. The lowest BCUT2D eigenvalue weighted by atomic mass is 9.99. The molecule has 17 heavy (non-hydrogen) atoms. The van der Waals surface area contributed by atoms with Crippen molar-refractivity contribution in [1.82, 2.24) is 4.98 Å². The third-order valence-electron chi connectivity index (χ3n) is 3.07. The van der Waals surface area contributed by atoms with Gasteiger partial charge in [0.2, 0.25) is 0 Å². The van der Waals surface area contributed by atoms with E-state index < -0.39 is 0 Å². The lowest BCUT2D eigenvalue weighted by Gasteiger charge is -2.17. The molecule has 0 aliphatic rings. The molecule has 0 aliphatic heterocycles. The second-order valence-electron chi connectivity index (χ2n) is 4.51. The zero-order chi connectivity index (χ0) is 12.8. The molecule has 2 heteroatoms. The Balaban J connectivity index is 3.25. The van der Waals surface area contributed by atoms with E-state index in [0.717, 1.165) is 37.1 Å². The summed E-state index contributed by atoms with van der Waals surface area (Å²) in [7, 11) is 0. The number of aryl methyl sites for hydroxylation is 2. The van der Waals surface area contributed by atoms with Gasteiger partial charge in [-0.2, -0.15) is 0 Å². The number of ether oxygens (including phenoxy) is 1. The van der Waals surface area contributed by atoms with E-state index >= 15 is 0 Å². The minimum atomic E-state index is 0.714. The van der Waals surface area contributed by atoms with Crippen molar-refractivity contribution >= 4 is 0 Å². The molecule has 0 spiro atoms. The van der Waals surface area contributed by atoms with Gasteiger partial charge in [0.25, 0.3) is 0 Å². The van der Waals surface area contributed by atoms with Gasteiger partial charge < -0.3 is 4.74 Å². The molecular weight excluding hydrogens is 210 g/mol. The van der Waals surface area contributed by atoms with Gasteiger partial charge in [0.15, 0.2) is 0 Å². The predicted molar refractivity (Wildman–Crippen MR) is 72.9 cm³/mol. The van der Waals surface area contributed by atoms with Crippen molar-refractivity contribution in [2.75, 3.05) is 6.61 Å². The predicted octanol–water partition coefficient (Wildman–Crippen LogP) is 4.00. The molecule has 0 N–H and O–H groups in total. The van der Waals surface area contributed by atoms with Crippen molar-refractivity contribution in [3.05, 3.63) is 22.5 Å². The molecule has 96 valence electrons. The third-order valence-corrected chi connectivity index (χ3v) is 3.07. The Morgan fingerprint density at radius 2 is 1.65 bits per heavy atom. The molecule has 0 saturated carbocycles. The number of aromatic nitrogens is 1. The molecule has 0 unspecified atom stereocenters. The highest BCUT2D eigenvalue weighted by molar-refractivity contribution is 5.44. The van der Waals surface area contributed by atoms with Crippen molar-refractivity contribution < 1.29 is 4.74 Å². The van der Waals surface area contributed by atoms with E-state index in [2.05, 4.69) is 27.7 Å². The molecule has 0 fully saturated rings. The Morgan fingerprint density at radius 1 is 1.00 bits per heavy atom. The quantitative estimate of drug-likeness (QED) is 0.743. The maximum absolute atomic E-state index is 5.77. The zero-order valence-electron chi connectivity index (χ0n) is 11.9. The van der Waals surface area contributed by atoms with Crippen LogP contribution in [0, 0.1) is 13.8 Å². The van der Waals surface area contributed by atoms with Crippen LogP contribution >= 0.6 is 0 Å². The number of hydrogen-bond acceptors (Lipinski definition) is 2. The standard InChI is InChI=1S/C15H25NO/c1-6-9-13-11(4)14(10-7-2)16-12(5)15(13)17-8-3/h6-10H2,1-5H3. The summed E-state index contributed by atoms with van der Waals surface area (Å²) in [5, 5.41) is 0. The first kappa shape index (κ1) is 14.0. The van der Waals surface area contributed by atoms with Crippen LogP contribution in [0.25, 0.3) is 0 Å². The van der Waals surface area contributed by atoms with Gasteiger partial charge in [0.1, 0.15) is 5.75 Å². The Hall–Kier alpha value is -1.05. The summed E-state index contributed by atoms with van der Waals surface area (Å²) in [6, 6.07) is 0. The van der Waals surface area contributed by atoms with Gasteiger partial charge in [-0.1, -0.05) is 26.7 Å². The first-order valence-electron chi connectivity index (χ1n) is 6.77. The van der Waals surface area contributed by atoms with E-state index in [4.69, 9.17) is 9.72 Å². The van der Waals surface area contributed by atoms with Crippen molar-refractivity contribution in [2.45, 2.75) is 60.3 Å². The molecule has 0 radical (unpaired) electrons. The third kappa shape index (κ3) is 3.21. The van der Waals surface area contributed by atoms with Gasteiger partial charge in [0.05, 0.1) is 12.3 Å². The number of nitrogens with zero attached hydrogens (tertiary/aromatic N) is 1. The maximum atomic E-state index is 5.77. The first-order chi connectivity index (χ1) is 8.15. The van der Waals surface area contributed by atoms with Crippen molar-refractivity contribution in [1.29, 1.82) is 0 Å². The smallest absolute Gasteiger partial charge is 0.143 e. The topological polar surface area (TPSA) is 22.1 Å². The minimum absolute atomic E-state index is 0.714. The molecular formula is C15H25NO. The van der Waals surface area contributed by atoms with Crippen molar-refractivity contribution in [3.63, 3.8) is 0 Å². The molecule has 1 aromatic rings. The van der Waals surface area contributed by atoms with Gasteiger partial charge in [-0.15, -0.1) is 0 Å². The van der Waals surface area contributed by atoms with Crippen LogP contribution in [0.1, 0.15) is 56.1 Å². The molecule has 0 aliphatic carbocycles. The summed E-state index contributed by atoms with van der Waals surface area (Å²) in [5.74, 6) is 1.02. The van der Waals surface area contributed by atoms with Crippen LogP contribution in [0.3, 0.4) is 0 Å². The van der Waals surface area contributed by atoms with E-state index in [1.165, 1.54) is 16.8 Å². The van der Waals surface area contributed by atoms with E-state index in [1.807, 2.05) is 6.92 Å². The highest BCUT2D eigenvalue weighted by atomic mass is 16.5. The second-order valence-corrected chi connectivity index (χ2v) is 4.51. The molecule has 0 atom stereocenters. The number of pyridine rings is 1. The van der Waals surface area contributed by atoms with Crippen LogP contribution in [0.4, 0.5) is 0 Å². The van der Waals surface area contributed by atoms with Gasteiger partial charge in [0, 0.05) is 11.3 Å². The average molecular weight is 235 g/mol. The van der Waals surface area contributed by atoms with Crippen LogP contribution in [-0.4, -0.2) is 11.6 Å². The Kier molecular flexibility index (Phi) is 5.46.